The molecule has 0 fully saturated rings. The molecule has 4 heteroatoms. The number of ether oxygens (including phenoxy) is 2. The van der Waals surface area contributed by atoms with Gasteiger partial charge in [-0.15, -0.1) is 0 Å². The minimum absolute atomic E-state index is 0.221. The zero-order valence-electron chi connectivity index (χ0n) is 14.8. The van der Waals surface area contributed by atoms with Crippen molar-refractivity contribution >= 4 is 11.9 Å². The van der Waals surface area contributed by atoms with Crippen molar-refractivity contribution in [3.8, 4) is 16.9 Å². The lowest BCUT2D eigenvalue weighted by atomic mass is 10.0. The fourth-order valence-electron chi connectivity index (χ4n) is 2.29. The first-order valence-electron chi connectivity index (χ1n) is 8.72. The van der Waals surface area contributed by atoms with Crippen LogP contribution in [-0.2, 0) is 9.53 Å². The maximum absolute atomic E-state index is 11.9. The molecule has 0 saturated heterocycles. The average Bonchev–Trinajstić information content (AvgIpc) is 2.63. The molecule has 4 nitrogen and oxygen atoms in total. The Balaban J connectivity index is 1.99. The predicted molar refractivity (Wildman–Crippen MR) is 97.6 cm³/mol. The minimum Gasteiger partial charge on any atom is -0.462 e. The fourth-order valence-corrected chi connectivity index (χ4v) is 2.29. The van der Waals surface area contributed by atoms with E-state index in [2.05, 4.69) is 6.92 Å². The van der Waals surface area contributed by atoms with Gasteiger partial charge in [0.05, 0.1) is 12.2 Å². The Morgan fingerprint density at radius 2 is 1.44 bits per heavy atom. The molecule has 0 heterocycles. The molecule has 0 aliphatic heterocycles. The van der Waals surface area contributed by atoms with Gasteiger partial charge in [0.15, 0.2) is 0 Å². The van der Waals surface area contributed by atoms with E-state index >= 15 is 0 Å². The van der Waals surface area contributed by atoms with E-state index in [9.17, 15) is 9.59 Å². The Hall–Kier alpha value is -2.62. The van der Waals surface area contributed by atoms with Gasteiger partial charge < -0.3 is 9.47 Å². The molecule has 132 valence electrons. The molecule has 0 radical (unpaired) electrons. The van der Waals surface area contributed by atoms with Gasteiger partial charge in [0.2, 0.25) is 0 Å². The maximum Gasteiger partial charge on any atom is 0.338 e. The Bertz CT molecular complexity index is 687. The van der Waals surface area contributed by atoms with Gasteiger partial charge in [-0.05, 0) is 48.2 Å². The van der Waals surface area contributed by atoms with E-state index in [-0.39, 0.29) is 11.9 Å². The van der Waals surface area contributed by atoms with Crippen LogP contribution in [0.15, 0.2) is 48.5 Å². The van der Waals surface area contributed by atoms with Crippen LogP contribution in [0.4, 0.5) is 0 Å². The second kappa shape index (κ2) is 9.62. The van der Waals surface area contributed by atoms with E-state index in [1.54, 1.807) is 24.3 Å². The van der Waals surface area contributed by atoms with E-state index in [0.29, 0.717) is 24.3 Å². The van der Waals surface area contributed by atoms with Crippen molar-refractivity contribution in [2.24, 2.45) is 0 Å². The standard InChI is InChI=1S/C21H24O4/c1-3-5-15-24-21(23)18-9-7-16(8-10-18)17-11-13-19(14-12-17)25-20(22)6-4-2/h7-14H,3-6,15H2,1-2H3. The van der Waals surface area contributed by atoms with Crippen LogP contribution in [0.3, 0.4) is 0 Å². The summed E-state index contributed by atoms with van der Waals surface area (Å²) in [5, 5.41) is 0. The number of unbranched alkanes of at least 4 members (excludes halogenated alkanes) is 1. The van der Waals surface area contributed by atoms with Gasteiger partial charge in [0.25, 0.3) is 0 Å². The summed E-state index contributed by atoms with van der Waals surface area (Å²) in [7, 11) is 0. The topological polar surface area (TPSA) is 52.6 Å². The number of carbonyl (C=O) groups is 2. The first-order valence-corrected chi connectivity index (χ1v) is 8.72. The first kappa shape index (κ1) is 18.7. The molecule has 0 N–H and O–H groups in total. The summed E-state index contributed by atoms with van der Waals surface area (Å²) >= 11 is 0. The number of benzene rings is 2. The smallest absolute Gasteiger partial charge is 0.338 e. The Morgan fingerprint density at radius 1 is 0.840 bits per heavy atom. The lowest BCUT2D eigenvalue weighted by Gasteiger charge is -2.07. The van der Waals surface area contributed by atoms with Crippen molar-refractivity contribution in [1.82, 2.24) is 0 Å². The molecular weight excluding hydrogens is 316 g/mol. The monoisotopic (exact) mass is 340 g/mol. The molecule has 0 bridgehead atoms. The van der Waals surface area contributed by atoms with Gasteiger partial charge >= 0.3 is 11.9 Å². The van der Waals surface area contributed by atoms with Crippen LogP contribution in [0.2, 0.25) is 0 Å². The second-order valence-corrected chi connectivity index (χ2v) is 5.82. The van der Waals surface area contributed by atoms with Crippen LogP contribution in [0.25, 0.3) is 11.1 Å². The SMILES string of the molecule is CCCCOC(=O)c1ccc(-c2ccc(OC(=O)CCC)cc2)cc1. The van der Waals surface area contributed by atoms with Crippen molar-refractivity contribution in [2.75, 3.05) is 6.61 Å². The lowest BCUT2D eigenvalue weighted by molar-refractivity contribution is -0.134. The highest BCUT2D eigenvalue weighted by molar-refractivity contribution is 5.90. The van der Waals surface area contributed by atoms with Gasteiger partial charge in [0, 0.05) is 6.42 Å². The van der Waals surface area contributed by atoms with Crippen LogP contribution in [-0.4, -0.2) is 18.5 Å². The third kappa shape index (κ3) is 5.75. The van der Waals surface area contributed by atoms with Crippen molar-refractivity contribution in [3.63, 3.8) is 0 Å². The van der Waals surface area contributed by atoms with E-state index in [1.807, 2.05) is 31.2 Å². The highest BCUT2D eigenvalue weighted by Crippen LogP contribution is 2.23. The quantitative estimate of drug-likeness (QED) is 0.385. The summed E-state index contributed by atoms with van der Waals surface area (Å²) in [4.78, 5) is 23.4. The molecule has 0 aromatic heterocycles. The normalized spacial score (nSPS) is 10.3. The van der Waals surface area contributed by atoms with Crippen molar-refractivity contribution in [3.05, 3.63) is 54.1 Å². The molecule has 0 saturated carbocycles. The van der Waals surface area contributed by atoms with E-state index < -0.39 is 0 Å². The van der Waals surface area contributed by atoms with Crippen LogP contribution < -0.4 is 4.74 Å². The number of carbonyl (C=O) groups excluding carboxylic acids is 2. The zero-order valence-corrected chi connectivity index (χ0v) is 14.8. The number of esters is 2. The van der Waals surface area contributed by atoms with Crippen LogP contribution in [0.5, 0.6) is 5.75 Å². The molecule has 2 rings (SSSR count). The average molecular weight is 340 g/mol. The molecule has 0 amide bonds. The Kier molecular flexibility index (Phi) is 7.20. The van der Waals surface area contributed by atoms with Crippen LogP contribution in [0.1, 0.15) is 49.9 Å². The Morgan fingerprint density at radius 3 is 2.00 bits per heavy atom. The van der Waals surface area contributed by atoms with E-state index in [0.717, 1.165) is 30.4 Å². The molecule has 0 atom stereocenters. The predicted octanol–water partition coefficient (Wildman–Crippen LogP) is 5.02. The molecule has 0 aliphatic rings. The van der Waals surface area contributed by atoms with Gasteiger partial charge in [0.1, 0.15) is 5.75 Å². The highest BCUT2D eigenvalue weighted by Gasteiger charge is 2.08. The second-order valence-electron chi connectivity index (χ2n) is 5.82. The summed E-state index contributed by atoms with van der Waals surface area (Å²) in [6.07, 6.45) is 3.05. The van der Waals surface area contributed by atoms with Crippen molar-refractivity contribution in [2.45, 2.75) is 39.5 Å². The third-order valence-electron chi connectivity index (χ3n) is 3.73. The van der Waals surface area contributed by atoms with E-state index in [1.165, 1.54) is 0 Å². The molecule has 0 unspecified atom stereocenters. The molecule has 0 spiro atoms. The number of hydrogen-bond acceptors (Lipinski definition) is 4. The van der Waals surface area contributed by atoms with Crippen molar-refractivity contribution < 1.29 is 19.1 Å². The molecule has 2 aromatic carbocycles. The summed E-state index contributed by atoms with van der Waals surface area (Å²) < 4.78 is 10.4. The van der Waals surface area contributed by atoms with Crippen LogP contribution >= 0.6 is 0 Å². The van der Waals surface area contributed by atoms with Crippen molar-refractivity contribution in [1.29, 1.82) is 0 Å². The largest absolute Gasteiger partial charge is 0.462 e. The lowest BCUT2D eigenvalue weighted by Crippen LogP contribution is -2.06. The molecule has 0 aliphatic carbocycles. The highest BCUT2D eigenvalue weighted by atomic mass is 16.5. The summed E-state index contributed by atoms with van der Waals surface area (Å²) in [5.41, 5.74) is 2.52. The molecular formula is C21H24O4. The fraction of sp³-hybridized carbons (Fsp3) is 0.333. The van der Waals surface area contributed by atoms with Gasteiger partial charge in [-0.1, -0.05) is 44.5 Å². The van der Waals surface area contributed by atoms with Gasteiger partial charge in [-0.3, -0.25) is 4.79 Å². The summed E-state index contributed by atoms with van der Waals surface area (Å²) in [5.74, 6) is 0.0256. The third-order valence-corrected chi connectivity index (χ3v) is 3.73. The van der Waals surface area contributed by atoms with Gasteiger partial charge in [-0.25, -0.2) is 4.79 Å². The molecule has 2 aromatic rings. The zero-order chi connectivity index (χ0) is 18.1. The maximum atomic E-state index is 11.9. The summed E-state index contributed by atoms with van der Waals surface area (Å²) in [6, 6.07) is 14.6. The van der Waals surface area contributed by atoms with Gasteiger partial charge in [-0.2, -0.15) is 0 Å². The molecule has 25 heavy (non-hydrogen) atoms. The summed E-state index contributed by atoms with van der Waals surface area (Å²) in [6.45, 7) is 4.45. The Labute approximate surface area is 148 Å². The van der Waals surface area contributed by atoms with E-state index in [4.69, 9.17) is 9.47 Å². The number of hydrogen-bond donors (Lipinski definition) is 0. The van der Waals surface area contributed by atoms with Crippen LogP contribution in [0, 0.1) is 0 Å². The number of rotatable bonds is 8. The minimum atomic E-state index is -0.293. The first-order chi connectivity index (χ1) is 12.1.